The van der Waals surface area contributed by atoms with E-state index >= 15 is 0 Å². The molecule has 2 aromatic carbocycles. The number of rotatable bonds is 4. The van der Waals surface area contributed by atoms with Crippen molar-refractivity contribution in [1.82, 2.24) is 4.90 Å². The molecule has 146 valence electrons. The smallest absolute Gasteiger partial charge is 0.296 e. The van der Waals surface area contributed by atoms with Gasteiger partial charge in [0.25, 0.3) is 11.7 Å². The molecule has 0 saturated carbocycles. The van der Waals surface area contributed by atoms with Crippen molar-refractivity contribution in [3.63, 3.8) is 0 Å². The molecule has 1 atom stereocenters. The number of carbonyl (C=O) groups is 2. The van der Waals surface area contributed by atoms with Gasteiger partial charge in [0.1, 0.15) is 11.5 Å². The molecule has 1 N–H and O–H groups in total. The maximum Gasteiger partial charge on any atom is 0.296 e. The molecule has 5 nitrogen and oxygen atoms in total. The number of furan rings is 1. The van der Waals surface area contributed by atoms with E-state index in [4.69, 9.17) is 4.42 Å². The number of amides is 1. The molecule has 5 heteroatoms. The van der Waals surface area contributed by atoms with Gasteiger partial charge in [-0.25, -0.2) is 0 Å². The number of aryl methyl sites for hydroxylation is 2. The van der Waals surface area contributed by atoms with Gasteiger partial charge in [0.2, 0.25) is 0 Å². The van der Waals surface area contributed by atoms with Gasteiger partial charge in [-0.2, -0.15) is 0 Å². The zero-order chi connectivity index (χ0) is 20.5. The van der Waals surface area contributed by atoms with Crippen molar-refractivity contribution in [1.29, 1.82) is 0 Å². The molecule has 1 aliphatic heterocycles. The SMILES string of the molecule is Cc1ccc(/C(O)=C2\C(=O)C(=O)N(Cc3ccco3)[C@H]2c2ccc(C)cc2)cc1. The van der Waals surface area contributed by atoms with Gasteiger partial charge < -0.3 is 14.4 Å². The van der Waals surface area contributed by atoms with Crippen LogP contribution in [0.3, 0.4) is 0 Å². The summed E-state index contributed by atoms with van der Waals surface area (Å²) in [5.74, 6) is -0.948. The van der Waals surface area contributed by atoms with E-state index in [1.807, 2.05) is 50.2 Å². The van der Waals surface area contributed by atoms with Crippen LogP contribution in [0.1, 0.15) is 34.1 Å². The van der Waals surface area contributed by atoms with Crippen LogP contribution >= 0.6 is 0 Å². The monoisotopic (exact) mass is 387 g/mol. The summed E-state index contributed by atoms with van der Waals surface area (Å²) in [6.45, 7) is 4.05. The number of Topliss-reactive ketones (excluding diaryl/α,β-unsaturated/α-hetero) is 1. The zero-order valence-electron chi connectivity index (χ0n) is 16.3. The Morgan fingerprint density at radius 2 is 1.59 bits per heavy atom. The number of hydrogen-bond donors (Lipinski definition) is 1. The number of hydrogen-bond acceptors (Lipinski definition) is 4. The maximum absolute atomic E-state index is 12.9. The van der Waals surface area contributed by atoms with Crippen molar-refractivity contribution in [2.75, 3.05) is 0 Å². The minimum Gasteiger partial charge on any atom is -0.507 e. The molecule has 0 unspecified atom stereocenters. The molecule has 0 aliphatic carbocycles. The number of carbonyl (C=O) groups excluding carboxylic acids is 2. The Bertz CT molecular complexity index is 1080. The van der Waals surface area contributed by atoms with E-state index in [0.29, 0.717) is 11.3 Å². The topological polar surface area (TPSA) is 70.8 Å². The number of aliphatic hydroxyl groups excluding tert-OH is 1. The quantitative estimate of drug-likeness (QED) is 0.406. The maximum atomic E-state index is 12.9. The van der Waals surface area contributed by atoms with Crippen molar-refractivity contribution < 1.29 is 19.1 Å². The summed E-state index contributed by atoms with van der Waals surface area (Å²) < 4.78 is 5.39. The molecule has 29 heavy (non-hydrogen) atoms. The lowest BCUT2D eigenvalue weighted by molar-refractivity contribution is -0.140. The molecule has 1 aromatic heterocycles. The molecule has 3 aromatic rings. The van der Waals surface area contributed by atoms with Crippen molar-refractivity contribution in [2.24, 2.45) is 0 Å². The summed E-state index contributed by atoms with van der Waals surface area (Å²) in [4.78, 5) is 27.3. The fourth-order valence-electron chi connectivity index (χ4n) is 3.58. The lowest BCUT2D eigenvalue weighted by atomic mass is 9.94. The minimum atomic E-state index is -0.694. The van der Waals surface area contributed by atoms with Crippen LogP contribution in [-0.4, -0.2) is 21.7 Å². The fourth-order valence-corrected chi connectivity index (χ4v) is 3.58. The van der Waals surface area contributed by atoms with Crippen LogP contribution in [0.25, 0.3) is 5.76 Å². The Morgan fingerprint density at radius 3 is 2.17 bits per heavy atom. The summed E-state index contributed by atoms with van der Waals surface area (Å²) in [6, 6.07) is 17.6. The number of aliphatic hydroxyl groups is 1. The van der Waals surface area contributed by atoms with Gasteiger partial charge >= 0.3 is 0 Å². The number of benzene rings is 2. The standard InChI is InChI=1S/C24H21NO4/c1-15-5-9-17(10-6-15)21-20(22(26)18-11-7-16(2)8-12-18)23(27)24(28)25(21)14-19-4-3-13-29-19/h3-13,21,26H,14H2,1-2H3/b22-20+/t21-/m0/s1. The molecular weight excluding hydrogens is 366 g/mol. The predicted octanol–water partition coefficient (Wildman–Crippen LogP) is 4.52. The van der Waals surface area contributed by atoms with Gasteiger partial charge in [0.15, 0.2) is 0 Å². The van der Waals surface area contributed by atoms with Gasteiger partial charge in [-0.1, -0.05) is 59.7 Å². The van der Waals surface area contributed by atoms with Crippen molar-refractivity contribution in [2.45, 2.75) is 26.4 Å². The van der Waals surface area contributed by atoms with Crippen molar-refractivity contribution in [3.05, 3.63) is 101 Å². The first-order valence-corrected chi connectivity index (χ1v) is 9.40. The van der Waals surface area contributed by atoms with Gasteiger partial charge in [0, 0.05) is 5.56 Å². The Balaban J connectivity index is 1.86. The highest BCUT2D eigenvalue weighted by Gasteiger charge is 2.46. The highest BCUT2D eigenvalue weighted by Crippen LogP contribution is 2.40. The lowest BCUT2D eigenvalue weighted by Gasteiger charge is -2.24. The molecule has 2 heterocycles. The first kappa shape index (κ1) is 18.7. The van der Waals surface area contributed by atoms with E-state index in [1.165, 1.54) is 11.2 Å². The molecule has 1 fully saturated rings. The van der Waals surface area contributed by atoms with E-state index in [-0.39, 0.29) is 17.9 Å². The van der Waals surface area contributed by atoms with Crippen molar-refractivity contribution >= 4 is 17.4 Å². The second-order valence-corrected chi connectivity index (χ2v) is 7.28. The number of nitrogens with zero attached hydrogens (tertiary/aromatic N) is 1. The van der Waals surface area contributed by atoms with E-state index in [0.717, 1.165) is 16.7 Å². The molecular formula is C24H21NO4. The van der Waals surface area contributed by atoms with E-state index in [2.05, 4.69) is 0 Å². The van der Waals surface area contributed by atoms with Gasteiger partial charge in [-0.05, 0) is 31.5 Å². The molecule has 0 radical (unpaired) electrons. The Labute approximate surface area is 168 Å². The highest BCUT2D eigenvalue weighted by atomic mass is 16.3. The summed E-state index contributed by atoms with van der Waals surface area (Å²) in [6.07, 6.45) is 1.53. The number of ketones is 1. The van der Waals surface area contributed by atoms with Gasteiger partial charge in [0.05, 0.1) is 24.4 Å². The molecule has 4 rings (SSSR count). The minimum absolute atomic E-state index is 0.0919. The molecule has 1 amide bonds. The van der Waals surface area contributed by atoms with Crippen LogP contribution in [0.15, 0.2) is 76.9 Å². The van der Waals surface area contributed by atoms with Crippen LogP contribution in [0, 0.1) is 13.8 Å². The predicted molar refractivity (Wildman–Crippen MR) is 109 cm³/mol. The normalized spacial score (nSPS) is 18.4. The third-order valence-corrected chi connectivity index (χ3v) is 5.16. The van der Waals surface area contributed by atoms with Crippen LogP contribution in [0.2, 0.25) is 0 Å². The van der Waals surface area contributed by atoms with E-state index in [1.54, 1.807) is 24.3 Å². The van der Waals surface area contributed by atoms with Gasteiger partial charge in [-0.15, -0.1) is 0 Å². The molecule has 1 aliphatic rings. The lowest BCUT2D eigenvalue weighted by Crippen LogP contribution is -2.29. The average molecular weight is 387 g/mol. The zero-order valence-corrected chi connectivity index (χ0v) is 16.3. The number of likely N-dealkylation sites (tertiary alicyclic amines) is 1. The molecule has 0 spiro atoms. The summed E-state index contributed by atoms with van der Waals surface area (Å²) in [5, 5.41) is 11.0. The molecule has 0 bridgehead atoms. The first-order valence-electron chi connectivity index (χ1n) is 9.40. The Morgan fingerprint density at radius 1 is 0.966 bits per heavy atom. The van der Waals surface area contributed by atoms with Gasteiger partial charge in [-0.3, -0.25) is 9.59 Å². The highest BCUT2D eigenvalue weighted by molar-refractivity contribution is 6.46. The largest absolute Gasteiger partial charge is 0.507 e. The van der Waals surface area contributed by atoms with Crippen LogP contribution in [0.4, 0.5) is 0 Å². The second kappa shape index (κ2) is 7.43. The summed E-state index contributed by atoms with van der Waals surface area (Å²) in [7, 11) is 0. The third kappa shape index (κ3) is 3.47. The van der Waals surface area contributed by atoms with Crippen LogP contribution in [0.5, 0.6) is 0 Å². The summed E-state index contributed by atoms with van der Waals surface area (Å²) >= 11 is 0. The third-order valence-electron chi connectivity index (χ3n) is 5.16. The molecule has 1 saturated heterocycles. The first-order chi connectivity index (χ1) is 14.0. The van der Waals surface area contributed by atoms with E-state index in [9.17, 15) is 14.7 Å². The van der Waals surface area contributed by atoms with E-state index < -0.39 is 17.7 Å². The van der Waals surface area contributed by atoms with Crippen LogP contribution < -0.4 is 0 Å². The second-order valence-electron chi connectivity index (χ2n) is 7.28. The Hall–Kier alpha value is -3.60. The summed E-state index contributed by atoms with van der Waals surface area (Å²) in [5.41, 5.74) is 3.46. The Kier molecular flexibility index (Phi) is 4.80. The van der Waals surface area contributed by atoms with Crippen LogP contribution in [-0.2, 0) is 16.1 Å². The average Bonchev–Trinajstić information content (AvgIpc) is 3.31. The van der Waals surface area contributed by atoms with Crippen molar-refractivity contribution in [3.8, 4) is 0 Å². The fraction of sp³-hybridized carbons (Fsp3) is 0.167.